The van der Waals surface area contributed by atoms with Gasteiger partial charge in [0.05, 0.1) is 18.0 Å². The zero-order valence-corrected chi connectivity index (χ0v) is 17.5. The average Bonchev–Trinajstić information content (AvgIpc) is 3.45. The standard InChI is InChI=1S/C21H24N8O2/c1-14(2)18-19(25-21(26-20(18)31)28-8-5-23-13-28)16-10-24-29(11-16)12-17(30)27-6-3-15(9-22)4-7-27/h5,8,10-11,13-15H,3-4,6-7,12H2,1-2H3,(H,25,26,31). The van der Waals surface area contributed by atoms with Crippen molar-refractivity contribution in [3.63, 3.8) is 0 Å². The number of rotatable bonds is 5. The molecule has 0 unspecified atom stereocenters. The molecule has 1 saturated heterocycles. The van der Waals surface area contributed by atoms with E-state index < -0.39 is 0 Å². The van der Waals surface area contributed by atoms with Crippen molar-refractivity contribution in [2.45, 2.75) is 39.2 Å². The van der Waals surface area contributed by atoms with Crippen LogP contribution < -0.4 is 0 Å². The van der Waals surface area contributed by atoms with Crippen molar-refractivity contribution in [2.24, 2.45) is 5.92 Å². The fraction of sp³-hybridized carbons (Fsp3) is 0.429. The molecule has 0 aliphatic carbocycles. The summed E-state index contributed by atoms with van der Waals surface area (Å²) in [6.45, 7) is 5.21. The van der Waals surface area contributed by atoms with Crippen molar-refractivity contribution in [1.82, 2.24) is 34.2 Å². The second-order valence-electron chi connectivity index (χ2n) is 7.94. The van der Waals surface area contributed by atoms with Gasteiger partial charge in [-0.3, -0.25) is 14.0 Å². The molecule has 1 aliphatic rings. The van der Waals surface area contributed by atoms with Gasteiger partial charge in [0.1, 0.15) is 12.9 Å². The van der Waals surface area contributed by atoms with Crippen molar-refractivity contribution >= 4 is 5.91 Å². The van der Waals surface area contributed by atoms with E-state index in [1.54, 1.807) is 45.3 Å². The van der Waals surface area contributed by atoms with Crippen molar-refractivity contribution in [2.75, 3.05) is 13.1 Å². The normalized spacial score (nSPS) is 14.7. The Balaban J connectivity index is 1.58. The summed E-state index contributed by atoms with van der Waals surface area (Å²) in [5.74, 6) is 0.203. The molecule has 3 aromatic heterocycles. The number of aromatic nitrogens is 6. The number of carbonyl (C=O) groups excluding carboxylic acids is 1. The minimum absolute atomic E-state index is 0.0155. The van der Waals surface area contributed by atoms with Crippen molar-refractivity contribution < 1.29 is 9.90 Å². The van der Waals surface area contributed by atoms with Gasteiger partial charge in [-0.25, -0.2) is 9.97 Å². The maximum atomic E-state index is 12.7. The number of hydrogen-bond donors (Lipinski definition) is 1. The minimum Gasteiger partial charge on any atom is -0.493 e. The molecule has 4 rings (SSSR count). The molecule has 10 heteroatoms. The van der Waals surface area contributed by atoms with Crippen LogP contribution in [-0.2, 0) is 11.3 Å². The predicted molar refractivity (Wildman–Crippen MR) is 111 cm³/mol. The van der Waals surface area contributed by atoms with Crippen LogP contribution in [0.1, 0.15) is 38.2 Å². The zero-order chi connectivity index (χ0) is 22.0. The third-order valence-electron chi connectivity index (χ3n) is 5.46. The third-order valence-corrected chi connectivity index (χ3v) is 5.46. The SMILES string of the molecule is CC(C)c1c(O)nc(-n2ccnc2)nc1-c1cnn(CC(=O)N2CCC(C#N)CC2)c1. The first kappa shape index (κ1) is 20.5. The van der Waals surface area contributed by atoms with Gasteiger partial charge in [0.25, 0.3) is 0 Å². The van der Waals surface area contributed by atoms with Crippen molar-refractivity contribution in [3.8, 4) is 29.2 Å². The van der Waals surface area contributed by atoms with E-state index in [4.69, 9.17) is 5.26 Å². The topological polar surface area (TPSA) is 126 Å². The van der Waals surface area contributed by atoms with E-state index in [2.05, 4.69) is 26.1 Å². The van der Waals surface area contributed by atoms with Gasteiger partial charge in [0.2, 0.25) is 17.7 Å². The molecule has 160 valence electrons. The van der Waals surface area contributed by atoms with E-state index in [1.165, 1.54) is 0 Å². The molecule has 0 radical (unpaired) electrons. The summed E-state index contributed by atoms with van der Waals surface area (Å²) in [4.78, 5) is 27.3. The molecular formula is C21H24N8O2. The summed E-state index contributed by atoms with van der Waals surface area (Å²) in [7, 11) is 0. The van der Waals surface area contributed by atoms with E-state index in [9.17, 15) is 9.90 Å². The first-order valence-electron chi connectivity index (χ1n) is 10.3. The predicted octanol–water partition coefficient (Wildman–Crippen LogP) is 2.12. The maximum absolute atomic E-state index is 12.7. The van der Waals surface area contributed by atoms with Crippen molar-refractivity contribution in [1.29, 1.82) is 5.26 Å². The number of likely N-dealkylation sites (tertiary alicyclic amines) is 1. The van der Waals surface area contributed by atoms with Crippen molar-refractivity contribution in [3.05, 3.63) is 36.7 Å². The number of nitriles is 1. The number of imidazole rings is 1. The maximum Gasteiger partial charge on any atom is 0.244 e. The Morgan fingerprint density at radius 1 is 1.32 bits per heavy atom. The van der Waals surface area contributed by atoms with Gasteiger partial charge in [0, 0.05) is 48.7 Å². The Hall–Kier alpha value is -3.74. The Kier molecular flexibility index (Phi) is 5.66. The molecule has 0 saturated carbocycles. The van der Waals surface area contributed by atoms with E-state index >= 15 is 0 Å². The molecule has 1 aliphatic heterocycles. The largest absolute Gasteiger partial charge is 0.493 e. The highest BCUT2D eigenvalue weighted by Gasteiger charge is 2.24. The summed E-state index contributed by atoms with van der Waals surface area (Å²) < 4.78 is 3.19. The molecule has 0 spiro atoms. The number of piperidine rings is 1. The molecule has 1 N–H and O–H groups in total. The molecule has 3 aromatic rings. The monoisotopic (exact) mass is 420 g/mol. The first-order chi connectivity index (χ1) is 15.0. The fourth-order valence-electron chi connectivity index (χ4n) is 3.76. The number of hydrogen-bond acceptors (Lipinski definition) is 7. The zero-order valence-electron chi connectivity index (χ0n) is 17.5. The Labute approximate surface area is 179 Å². The van der Waals surface area contributed by atoms with Gasteiger partial charge in [-0.05, 0) is 18.8 Å². The average molecular weight is 420 g/mol. The quantitative estimate of drug-likeness (QED) is 0.670. The van der Waals surface area contributed by atoms with Crippen LogP contribution in [0.15, 0.2) is 31.1 Å². The molecular weight excluding hydrogens is 396 g/mol. The minimum atomic E-state index is -0.0899. The van der Waals surface area contributed by atoms with E-state index in [0.29, 0.717) is 48.7 Å². The lowest BCUT2D eigenvalue weighted by Gasteiger charge is -2.29. The van der Waals surface area contributed by atoms with Gasteiger partial charge >= 0.3 is 0 Å². The lowest BCUT2D eigenvalue weighted by atomic mass is 9.98. The summed E-state index contributed by atoms with van der Waals surface area (Å²) in [5.41, 5.74) is 1.88. The highest BCUT2D eigenvalue weighted by atomic mass is 16.3. The number of carbonyl (C=O) groups is 1. The molecule has 1 amide bonds. The molecule has 0 aromatic carbocycles. The fourth-order valence-corrected chi connectivity index (χ4v) is 3.76. The Morgan fingerprint density at radius 2 is 2.10 bits per heavy atom. The van der Waals surface area contributed by atoms with E-state index in [1.807, 2.05) is 13.8 Å². The van der Waals surface area contributed by atoms with Crippen LogP contribution >= 0.6 is 0 Å². The highest BCUT2D eigenvalue weighted by molar-refractivity contribution is 5.76. The van der Waals surface area contributed by atoms with Gasteiger partial charge < -0.3 is 10.0 Å². The van der Waals surface area contributed by atoms with Gasteiger partial charge in [-0.1, -0.05) is 13.8 Å². The number of amides is 1. The van der Waals surface area contributed by atoms with Gasteiger partial charge in [-0.15, -0.1) is 0 Å². The van der Waals surface area contributed by atoms with Crippen LogP contribution in [0.5, 0.6) is 5.88 Å². The van der Waals surface area contributed by atoms with Gasteiger partial charge in [0.15, 0.2) is 0 Å². The first-order valence-corrected chi connectivity index (χ1v) is 10.3. The summed E-state index contributed by atoms with van der Waals surface area (Å²) in [5, 5.41) is 23.9. The summed E-state index contributed by atoms with van der Waals surface area (Å²) in [6, 6.07) is 2.27. The highest BCUT2D eigenvalue weighted by Crippen LogP contribution is 2.33. The van der Waals surface area contributed by atoms with Crippen LogP contribution in [0.25, 0.3) is 17.2 Å². The smallest absolute Gasteiger partial charge is 0.244 e. The van der Waals surface area contributed by atoms with Crippen LogP contribution in [0, 0.1) is 17.2 Å². The summed E-state index contributed by atoms with van der Waals surface area (Å²) in [6.07, 6.45) is 9.69. The second-order valence-corrected chi connectivity index (χ2v) is 7.94. The number of aromatic hydroxyl groups is 1. The van der Waals surface area contributed by atoms with Crippen LogP contribution in [0.3, 0.4) is 0 Å². The summed E-state index contributed by atoms with van der Waals surface area (Å²) >= 11 is 0. The van der Waals surface area contributed by atoms with Crippen LogP contribution in [-0.4, -0.2) is 58.3 Å². The Bertz CT molecular complexity index is 1110. The van der Waals surface area contributed by atoms with E-state index in [-0.39, 0.29) is 30.2 Å². The molecule has 1 fully saturated rings. The number of nitrogens with zero attached hydrogens (tertiary/aromatic N) is 8. The van der Waals surface area contributed by atoms with Crippen LogP contribution in [0.2, 0.25) is 0 Å². The lowest BCUT2D eigenvalue weighted by molar-refractivity contribution is -0.133. The van der Waals surface area contributed by atoms with Gasteiger partial charge in [-0.2, -0.15) is 15.3 Å². The molecule has 10 nitrogen and oxygen atoms in total. The third kappa shape index (κ3) is 4.26. The molecule has 0 atom stereocenters. The van der Waals surface area contributed by atoms with Crippen LogP contribution in [0.4, 0.5) is 0 Å². The molecule has 31 heavy (non-hydrogen) atoms. The van der Waals surface area contributed by atoms with E-state index in [0.717, 1.165) is 0 Å². The molecule has 4 heterocycles. The lowest BCUT2D eigenvalue weighted by Crippen LogP contribution is -2.40. The second kappa shape index (κ2) is 8.55. The molecule has 0 bridgehead atoms. The Morgan fingerprint density at radius 3 is 2.74 bits per heavy atom.